The second-order valence-corrected chi connectivity index (χ2v) is 5.26. The molecule has 1 atom stereocenters. The summed E-state index contributed by atoms with van der Waals surface area (Å²) in [4.78, 5) is 2.53. The first-order chi connectivity index (χ1) is 6.49. The minimum absolute atomic E-state index is 0.775. The third-order valence-corrected chi connectivity index (χ3v) is 2.95. The van der Waals surface area contributed by atoms with Crippen molar-refractivity contribution in [1.82, 2.24) is 4.90 Å². The first-order valence-electron chi connectivity index (χ1n) is 6.19. The monoisotopic (exact) mass is 199 g/mol. The Hall–Kier alpha value is -0.0400. The topological polar surface area (TPSA) is 3.24 Å². The molecule has 0 aliphatic heterocycles. The Morgan fingerprint density at radius 3 is 1.93 bits per heavy atom. The molecule has 0 saturated carbocycles. The van der Waals surface area contributed by atoms with Crippen LogP contribution in [0, 0.1) is 11.8 Å². The van der Waals surface area contributed by atoms with Crippen LogP contribution in [-0.2, 0) is 0 Å². The van der Waals surface area contributed by atoms with Crippen LogP contribution in [0.3, 0.4) is 0 Å². The fraction of sp³-hybridized carbons (Fsp3) is 1.00. The van der Waals surface area contributed by atoms with Gasteiger partial charge in [0.1, 0.15) is 0 Å². The van der Waals surface area contributed by atoms with Crippen LogP contribution >= 0.6 is 0 Å². The Bertz CT molecular complexity index is 129. The molecule has 0 heterocycles. The van der Waals surface area contributed by atoms with Gasteiger partial charge in [0.05, 0.1) is 0 Å². The molecule has 0 fully saturated rings. The molecule has 1 unspecified atom stereocenters. The summed E-state index contributed by atoms with van der Waals surface area (Å²) in [6, 6.07) is 0.775. The number of hydrogen-bond acceptors (Lipinski definition) is 1. The quantitative estimate of drug-likeness (QED) is 0.603. The molecule has 0 amide bonds. The van der Waals surface area contributed by atoms with Crippen LogP contribution in [0.15, 0.2) is 0 Å². The van der Waals surface area contributed by atoms with Crippen molar-refractivity contribution < 1.29 is 0 Å². The highest BCUT2D eigenvalue weighted by molar-refractivity contribution is 4.72. The van der Waals surface area contributed by atoms with E-state index in [1.807, 2.05) is 0 Å². The molecule has 0 bridgehead atoms. The molecule has 1 nitrogen and oxygen atoms in total. The lowest BCUT2D eigenvalue weighted by Gasteiger charge is -2.31. The fourth-order valence-corrected chi connectivity index (χ4v) is 2.09. The summed E-state index contributed by atoms with van der Waals surface area (Å²) in [5, 5.41) is 0. The van der Waals surface area contributed by atoms with Crippen LogP contribution in [0.1, 0.15) is 53.9 Å². The minimum atomic E-state index is 0.775. The Balaban J connectivity index is 4.00. The van der Waals surface area contributed by atoms with E-state index in [0.29, 0.717) is 0 Å². The van der Waals surface area contributed by atoms with Crippen molar-refractivity contribution >= 4 is 0 Å². The lowest BCUT2D eigenvalue weighted by Crippen LogP contribution is -2.36. The van der Waals surface area contributed by atoms with E-state index in [0.717, 1.165) is 17.9 Å². The van der Waals surface area contributed by atoms with E-state index in [4.69, 9.17) is 0 Å². The average molecular weight is 199 g/mol. The normalized spacial score (nSPS) is 14.4. The predicted molar refractivity (Wildman–Crippen MR) is 65.6 cm³/mol. The highest BCUT2D eigenvalue weighted by atomic mass is 15.1. The van der Waals surface area contributed by atoms with Gasteiger partial charge in [-0.25, -0.2) is 0 Å². The van der Waals surface area contributed by atoms with Gasteiger partial charge in [-0.1, -0.05) is 34.6 Å². The van der Waals surface area contributed by atoms with Crippen molar-refractivity contribution in [3.8, 4) is 0 Å². The maximum Gasteiger partial charge on any atom is 0.0115 e. The summed E-state index contributed by atoms with van der Waals surface area (Å²) in [5.74, 6) is 1.62. The van der Waals surface area contributed by atoms with Crippen molar-refractivity contribution in [2.24, 2.45) is 11.8 Å². The van der Waals surface area contributed by atoms with Gasteiger partial charge in [0.2, 0.25) is 0 Å². The molecule has 1 heteroatoms. The van der Waals surface area contributed by atoms with Crippen LogP contribution in [0.25, 0.3) is 0 Å². The molecule has 14 heavy (non-hydrogen) atoms. The molecule has 0 saturated heterocycles. The second kappa shape index (κ2) is 7.28. The van der Waals surface area contributed by atoms with E-state index in [1.165, 1.54) is 25.8 Å². The summed E-state index contributed by atoms with van der Waals surface area (Å²) in [6.45, 7) is 12.8. The smallest absolute Gasteiger partial charge is 0.0115 e. The molecular formula is C13H29N. The largest absolute Gasteiger partial charge is 0.303 e. The van der Waals surface area contributed by atoms with Crippen LogP contribution in [0.4, 0.5) is 0 Å². The molecule has 0 radical (unpaired) electrons. The fourth-order valence-electron chi connectivity index (χ4n) is 2.09. The molecule has 0 aliphatic carbocycles. The van der Waals surface area contributed by atoms with Gasteiger partial charge in [-0.2, -0.15) is 0 Å². The van der Waals surface area contributed by atoms with Gasteiger partial charge < -0.3 is 4.90 Å². The molecule has 0 N–H and O–H groups in total. The molecule has 0 aromatic rings. The van der Waals surface area contributed by atoms with Crippen molar-refractivity contribution in [2.45, 2.75) is 59.9 Å². The first-order valence-corrected chi connectivity index (χ1v) is 6.19. The third kappa shape index (κ3) is 5.64. The molecular weight excluding hydrogens is 170 g/mol. The van der Waals surface area contributed by atoms with Crippen molar-refractivity contribution in [3.05, 3.63) is 0 Å². The van der Waals surface area contributed by atoms with E-state index in [1.54, 1.807) is 0 Å². The third-order valence-electron chi connectivity index (χ3n) is 2.95. The average Bonchev–Trinajstić information content (AvgIpc) is 2.03. The highest BCUT2D eigenvalue weighted by Crippen LogP contribution is 2.18. The number of hydrogen-bond donors (Lipinski definition) is 0. The molecule has 0 rings (SSSR count). The minimum Gasteiger partial charge on any atom is -0.303 e. The van der Waals surface area contributed by atoms with Crippen molar-refractivity contribution in [1.29, 1.82) is 0 Å². The SMILES string of the molecule is CCCN(C)C(CCC(C)C)C(C)C. The Labute approximate surface area is 90.9 Å². The van der Waals surface area contributed by atoms with Gasteiger partial charge >= 0.3 is 0 Å². The van der Waals surface area contributed by atoms with E-state index in [-0.39, 0.29) is 0 Å². The lowest BCUT2D eigenvalue weighted by molar-refractivity contribution is 0.174. The summed E-state index contributed by atoms with van der Waals surface area (Å²) >= 11 is 0. The van der Waals surface area contributed by atoms with Gasteiger partial charge in [0.25, 0.3) is 0 Å². The maximum absolute atomic E-state index is 2.53. The zero-order chi connectivity index (χ0) is 11.1. The number of nitrogens with zero attached hydrogens (tertiary/aromatic N) is 1. The van der Waals surface area contributed by atoms with Crippen LogP contribution in [0.2, 0.25) is 0 Å². The van der Waals surface area contributed by atoms with Crippen molar-refractivity contribution in [2.75, 3.05) is 13.6 Å². The first kappa shape index (κ1) is 14.0. The Kier molecular flexibility index (Phi) is 7.26. The molecule has 86 valence electrons. The van der Waals surface area contributed by atoms with Gasteiger partial charge in [0, 0.05) is 6.04 Å². The van der Waals surface area contributed by atoms with Gasteiger partial charge in [-0.15, -0.1) is 0 Å². The van der Waals surface area contributed by atoms with Crippen LogP contribution in [-0.4, -0.2) is 24.5 Å². The van der Waals surface area contributed by atoms with Gasteiger partial charge in [-0.3, -0.25) is 0 Å². The standard InChI is InChI=1S/C13H29N/c1-7-10-14(6)13(12(4)5)9-8-11(2)3/h11-13H,7-10H2,1-6H3. The predicted octanol–water partition coefficient (Wildman–Crippen LogP) is 3.79. The zero-order valence-electron chi connectivity index (χ0n) is 11.0. The molecule has 0 aliphatic rings. The molecule has 0 aromatic carbocycles. The highest BCUT2D eigenvalue weighted by Gasteiger charge is 2.17. The van der Waals surface area contributed by atoms with E-state index < -0.39 is 0 Å². The summed E-state index contributed by atoms with van der Waals surface area (Å²) in [7, 11) is 2.27. The Morgan fingerprint density at radius 2 is 1.57 bits per heavy atom. The van der Waals surface area contributed by atoms with E-state index in [9.17, 15) is 0 Å². The number of rotatable bonds is 7. The summed E-state index contributed by atoms with van der Waals surface area (Å²) < 4.78 is 0. The Morgan fingerprint density at radius 1 is 1.00 bits per heavy atom. The van der Waals surface area contributed by atoms with Gasteiger partial charge in [-0.05, 0) is 44.7 Å². The summed E-state index contributed by atoms with van der Waals surface area (Å²) in [6.07, 6.45) is 3.98. The zero-order valence-corrected chi connectivity index (χ0v) is 11.0. The van der Waals surface area contributed by atoms with E-state index >= 15 is 0 Å². The maximum atomic E-state index is 2.53. The van der Waals surface area contributed by atoms with Crippen LogP contribution < -0.4 is 0 Å². The molecule has 0 aromatic heterocycles. The second-order valence-electron chi connectivity index (χ2n) is 5.26. The summed E-state index contributed by atoms with van der Waals surface area (Å²) in [5.41, 5.74) is 0. The lowest BCUT2D eigenvalue weighted by atomic mass is 9.94. The van der Waals surface area contributed by atoms with Crippen molar-refractivity contribution in [3.63, 3.8) is 0 Å². The van der Waals surface area contributed by atoms with Gasteiger partial charge in [0.15, 0.2) is 0 Å². The molecule has 0 spiro atoms. The van der Waals surface area contributed by atoms with E-state index in [2.05, 4.69) is 46.6 Å². The van der Waals surface area contributed by atoms with Crippen LogP contribution in [0.5, 0.6) is 0 Å².